The molecule has 0 unspecified atom stereocenters. The molecule has 1 heterocycles. The van der Waals surface area contributed by atoms with Crippen LogP contribution in [0, 0.1) is 11.8 Å². The van der Waals surface area contributed by atoms with Crippen LogP contribution in [-0.4, -0.2) is 30.8 Å². The lowest BCUT2D eigenvalue weighted by Gasteiger charge is -2.43. The molecule has 1 aliphatic rings. The summed E-state index contributed by atoms with van der Waals surface area (Å²) in [5, 5.41) is 8.80. The van der Waals surface area contributed by atoms with Crippen molar-refractivity contribution in [1.82, 2.24) is 0 Å². The number of aliphatic hydroxyl groups excluding tert-OH is 1. The lowest BCUT2D eigenvalue weighted by molar-refractivity contribution is -0.120. The Labute approximate surface area is 122 Å². The Morgan fingerprint density at radius 3 is 2.60 bits per heavy atom. The van der Waals surface area contributed by atoms with Gasteiger partial charge in [-0.25, -0.2) is 12.7 Å². The fourth-order valence-corrected chi connectivity index (χ4v) is 3.52. The third-order valence-corrected chi connectivity index (χ3v) is 5.69. The summed E-state index contributed by atoms with van der Waals surface area (Å²) < 4.78 is 23.5. The number of halogens is 1. The molecule has 106 valence electrons. The summed E-state index contributed by atoms with van der Waals surface area (Å²) in [4.78, 5) is 12.0. The van der Waals surface area contributed by atoms with E-state index in [-0.39, 0.29) is 17.3 Å². The van der Waals surface area contributed by atoms with Gasteiger partial charge in [0.2, 0.25) is 0 Å². The molecule has 0 radical (unpaired) electrons. The second-order valence-electron chi connectivity index (χ2n) is 4.71. The summed E-state index contributed by atoms with van der Waals surface area (Å²) in [6.45, 7) is 2.39. The van der Waals surface area contributed by atoms with Crippen LogP contribution in [0.15, 0.2) is 18.2 Å². The molecule has 1 aromatic carbocycles. The number of carbonyl (C=O) groups is 1. The number of rotatable bonds is 1. The van der Waals surface area contributed by atoms with Crippen molar-refractivity contribution < 1.29 is 18.3 Å². The molecule has 1 fully saturated rings. The smallest absolute Gasteiger partial charge is 0.263 e. The summed E-state index contributed by atoms with van der Waals surface area (Å²) in [5.41, 5.74) is 0.548. The van der Waals surface area contributed by atoms with Crippen LogP contribution in [-0.2, 0) is 14.8 Å². The van der Waals surface area contributed by atoms with E-state index in [1.807, 2.05) is 0 Å². The standard InChI is InChI=1S/C13H12ClNO4S/c1-13(2)12(17)15(20(13,18)19)11-8-9(4-3-7-16)5-6-10(11)14/h5-6,8,16H,7H2,1-2H3. The van der Waals surface area contributed by atoms with E-state index in [0.717, 1.165) is 0 Å². The SMILES string of the molecule is CC1(C)C(=O)N(c2cc(C#CCO)ccc2Cl)S1(=O)=O. The summed E-state index contributed by atoms with van der Waals surface area (Å²) >= 11 is 5.97. The van der Waals surface area contributed by atoms with E-state index in [9.17, 15) is 13.2 Å². The molecule has 0 spiro atoms. The second-order valence-corrected chi connectivity index (χ2v) is 7.45. The summed E-state index contributed by atoms with van der Waals surface area (Å²) in [5.74, 6) is 4.54. The fourth-order valence-electron chi connectivity index (χ4n) is 1.78. The minimum Gasteiger partial charge on any atom is -0.384 e. The molecule has 1 saturated heterocycles. The molecule has 1 aliphatic heterocycles. The molecule has 1 N–H and O–H groups in total. The minimum atomic E-state index is -3.76. The van der Waals surface area contributed by atoms with E-state index in [1.165, 1.54) is 26.0 Å². The van der Waals surface area contributed by atoms with Crippen molar-refractivity contribution in [1.29, 1.82) is 0 Å². The van der Waals surface area contributed by atoms with Crippen molar-refractivity contribution in [3.8, 4) is 11.8 Å². The van der Waals surface area contributed by atoms with Gasteiger partial charge in [0.05, 0.1) is 10.7 Å². The van der Waals surface area contributed by atoms with Gasteiger partial charge in [-0.1, -0.05) is 23.4 Å². The highest BCUT2D eigenvalue weighted by Gasteiger charge is 2.61. The first-order valence-electron chi connectivity index (χ1n) is 5.72. The quantitative estimate of drug-likeness (QED) is 0.789. The lowest BCUT2D eigenvalue weighted by atomic mass is 10.1. The maximum Gasteiger partial charge on any atom is 0.263 e. The first kappa shape index (κ1) is 14.9. The van der Waals surface area contributed by atoms with E-state index in [1.54, 1.807) is 6.07 Å². The van der Waals surface area contributed by atoms with Gasteiger partial charge in [-0.2, -0.15) is 0 Å². The predicted molar refractivity (Wildman–Crippen MR) is 75.9 cm³/mol. The fraction of sp³-hybridized carbons (Fsp3) is 0.308. The van der Waals surface area contributed by atoms with Crippen molar-refractivity contribution in [2.45, 2.75) is 18.6 Å². The largest absolute Gasteiger partial charge is 0.384 e. The Hall–Kier alpha value is -1.55. The van der Waals surface area contributed by atoms with Crippen LogP contribution < -0.4 is 4.31 Å². The van der Waals surface area contributed by atoms with Crippen LogP contribution in [0.2, 0.25) is 5.02 Å². The Kier molecular flexibility index (Phi) is 3.54. The zero-order valence-electron chi connectivity index (χ0n) is 10.8. The van der Waals surface area contributed by atoms with E-state index in [0.29, 0.717) is 9.87 Å². The van der Waals surface area contributed by atoms with Crippen LogP contribution in [0.25, 0.3) is 0 Å². The Morgan fingerprint density at radius 2 is 2.05 bits per heavy atom. The minimum absolute atomic E-state index is 0.0840. The van der Waals surface area contributed by atoms with Gasteiger partial charge in [-0.05, 0) is 32.0 Å². The van der Waals surface area contributed by atoms with Crippen LogP contribution in [0.1, 0.15) is 19.4 Å². The highest BCUT2D eigenvalue weighted by atomic mass is 35.5. The molecule has 0 atom stereocenters. The molecule has 2 rings (SSSR count). The molecule has 20 heavy (non-hydrogen) atoms. The van der Waals surface area contributed by atoms with Gasteiger partial charge in [-0.3, -0.25) is 4.79 Å². The maximum atomic E-state index is 12.1. The van der Waals surface area contributed by atoms with Crippen LogP contribution >= 0.6 is 11.6 Å². The topological polar surface area (TPSA) is 74.7 Å². The molecule has 1 amide bonds. The van der Waals surface area contributed by atoms with Crippen molar-refractivity contribution in [3.63, 3.8) is 0 Å². The second kappa shape index (κ2) is 4.77. The zero-order valence-corrected chi connectivity index (χ0v) is 12.4. The van der Waals surface area contributed by atoms with Crippen molar-refractivity contribution in [2.24, 2.45) is 0 Å². The molecule has 0 bridgehead atoms. The molecular formula is C13H12ClNO4S. The van der Waals surface area contributed by atoms with Gasteiger partial charge in [0.15, 0.2) is 4.75 Å². The van der Waals surface area contributed by atoms with Gasteiger partial charge < -0.3 is 5.11 Å². The van der Waals surface area contributed by atoms with E-state index < -0.39 is 20.7 Å². The first-order valence-corrected chi connectivity index (χ1v) is 7.54. The molecular weight excluding hydrogens is 302 g/mol. The molecule has 5 nitrogen and oxygen atoms in total. The maximum absolute atomic E-state index is 12.1. The molecule has 7 heteroatoms. The molecule has 0 saturated carbocycles. The number of hydrogen-bond donors (Lipinski definition) is 1. The average molecular weight is 314 g/mol. The van der Waals surface area contributed by atoms with Crippen molar-refractivity contribution in [3.05, 3.63) is 28.8 Å². The number of amides is 1. The lowest BCUT2D eigenvalue weighted by Crippen LogP contribution is -2.67. The van der Waals surface area contributed by atoms with Crippen molar-refractivity contribution >= 4 is 33.2 Å². The van der Waals surface area contributed by atoms with E-state index >= 15 is 0 Å². The summed E-state index contributed by atoms with van der Waals surface area (Å²) in [7, 11) is -3.76. The van der Waals surface area contributed by atoms with Gasteiger partial charge in [0.25, 0.3) is 15.9 Å². The molecule has 0 aromatic heterocycles. The van der Waals surface area contributed by atoms with E-state index in [4.69, 9.17) is 16.7 Å². The zero-order chi connectivity index (χ0) is 15.1. The Morgan fingerprint density at radius 1 is 1.40 bits per heavy atom. The number of hydrogen-bond acceptors (Lipinski definition) is 4. The normalized spacial score (nSPS) is 19.0. The monoisotopic (exact) mass is 313 g/mol. The van der Waals surface area contributed by atoms with Crippen LogP contribution in [0.3, 0.4) is 0 Å². The third-order valence-electron chi connectivity index (χ3n) is 3.06. The van der Waals surface area contributed by atoms with Gasteiger partial charge >= 0.3 is 0 Å². The first-order chi connectivity index (χ1) is 9.23. The van der Waals surface area contributed by atoms with E-state index in [2.05, 4.69) is 11.8 Å². The summed E-state index contributed by atoms with van der Waals surface area (Å²) in [6, 6.07) is 4.46. The highest BCUT2D eigenvalue weighted by Crippen LogP contribution is 2.42. The van der Waals surface area contributed by atoms with Gasteiger partial charge in [-0.15, -0.1) is 0 Å². The van der Waals surface area contributed by atoms with Crippen LogP contribution in [0.4, 0.5) is 5.69 Å². The van der Waals surface area contributed by atoms with Gasteiger partial charge in [0.1, 0.15) is 6.61 Å². The highest BCUT2D eigenvalue weighted by molar-refractivity contribution is 7.98. The number of sulfonamides is 1. The van der Waals surface area contributed by atoms with Crippen molar-refractivity contribution in [2.75, 3.05) is 10.9 Å². The number of carbonyl (C=O) groups excluding carboxylic acids is 1. The molecule has 1 aromatic rings. The Bertz CT molecular complexity index is 743. The third kappa shape index (κ3) is 1.99. The van der Waals surface area contributed by atoms with Gasteiger partial charge in [0, 0.05) is 5.56 Å². The molecule has 0 aliphatic carbocycles. The summed E-state index contributed by atoms with van der Waals surface area (Å²) in [6.07, 6.45) is 0. The van der Waals surface area contributed by atoms with Crippen LogP contribution in [0.5, 0.6) is 0 Å². The number of aliphatic hydroxyl groups is 1. The number of nitrogens with zero attached hydrogens (tertiary/aromatic N) is 1. The number of anilines is 1. The average Bonchev–Trinajstić information content (AvgIpc) is 2.39. The Balaban J connectivity index is 2.52. The predicted octanol–water partition coefficient (Wildman–Crippen LogP) is 1.14. The number of benzene rings is 1.